The molecule has 0 radical (unpaired) electrons. The van der Waals surface area contributed by atoms with Crippen LogP contribution >= 0.6 is 0 Å². The quantitative estimate of drug-likeness (QED) is 0.830. The summed E-state index contributed by atoms with van der Waals surface area (Å²) in [6, 6.07) is 7.68. The Hall–Kier alpha value is -2.41. The van der Waals surface area contributed by atoms with Gasteiger partial charge in [-0.3, -0.25) is 4.79 Å². The van der Waals surface area contributed by atoms with Crippen molar-refractivity contribution in [3.8, 4) is 17.1 Å². The van der Waals surface area contributed by atoms with E-state index in [9.17, 15) is 4.79 Å². The van der Waals surface area contributed by atoms with Crippen molar-refractivity contribution in [2.45, 2.75) is 32.2 Å². The monoisotopic (exact) mass is 344 g/mol. The molecule has 2 heterocycles. The van der Waals surface area contributed by atoms with Crippen LogP contribution in [0.2, 0.25) is 0 Å². The number of hydrogen-bond donors (Lipinski definition) is 2. The number of piperidine rings is 1. The molecule has 1 aromatic heterocycles. The van der Waals surface area contributed by atoms with Gasteiger partial charge in [-0.15, -0.1) is 0 Å². The summed E-state index contributed by atoms with van der Waals surface area (Å²) < 4.78 is 10.4. The zero-order chi connectivity index (χ0) is 17.6. The summed E-state index contributed by atoms with van der Waals surface area (Å²) >= 11 is 0. The minimum atomic E-state index is 0.0305. The van der Waals surface area contributed by atoms with E-state index < -0.39 is 0 Å². The van der Waals surface area contributed by atoms with Gasteiger partial charge < -0.3 is 19.9 Å². The van der Waals surface area contributed by atoms with Crippen molar-refractivity contribution in [1.29, 1.82) is 0 Å². The number of methoxy groups -OCH3 is 1. The first-order chi connectivity index (χ1) is 12.2. The van der Waals surface area contributed by atoms with E-state index in [4.69, 9.17) is 9.26 Å². The Bertz CT molecular complexity index is 699. The Labute approximate surface area is 147 Å². The molecular weight excluding hydrogens is 320 g/mol. The smallest absolute Gasteiger partial charge is 0.227 e. The van der Waals surface area contributed by atoms with Crippen LogP contribution < -0.4 is 15.4 Å². The molecule has 1 fully saturated rings. The van der Waals surface area contributed by atoms with Crippen molar-refractivity contribution in [2.75, 3.05) is 20.2 Å². The number of ether oxygens (including phenoxy) is 1. The predicted octanol–water partition coefficient (Wildman–Crippen LogP) is 1.79. The summed E-state index contributed by atoms with van der Waals surface area (Å²) in [6.07, 6.45) is 1.75. The molecule has 2 atom stereocenters. The van der Waals surface area contributed by atoms with Gasteiger partial charge in [-0.05, 0) is 49.7 Å². The molecular formula is C18H24N4O3. The third kappa shape index (κ3) is 4.57. The molecule has 25 heavy (non-hydrogen) atoms. The Morgan fingerprint density at radius 1 is 1.40 bits per heavy atom. The second-order valence-corrected chi connectivity index (χ2v) is 6.38. The predicted molar refractivity (Wildman–Crippen MR) is 93.2 cm³/mol. The third-order valence-electron chi connectivity index (χ3n) is 4.51. The van der Waals surface area contributed by atoms with Crippen LogP contribution in [0.15, 0.2) is 28.8 Å². The van der Waals surface area contributed by atoms with Gasteiger partial charge >= 0.3 is 0 Å². The first kappa shape index (κ1) is 17.4. The van der Waals surface area contributed by atoms with Gasteiger partial charge in [0.15, 0.2) is 0 Å². The Morgan fingerprint density at radius 2 is 2.20 bits per heavy atom. The zero-order valence-corrected chi connectivity index (χ0v) is 14.6. The van der Waals surface area contributed by atoms with Gasteiger partial charge in [-0.25, -0.2) is 0 Å². The summed E-state index contributed by atoms with van der Waals surface area (Å²) in [5.41, 5.74) is 0.851. The van der Waals surface area contributed by atoms with E-state index in [0.717, 1.165) is 30.8 Å². The van der Waals surface area contributed by atoms with E-state index in [-0.39, 0.29) is 11.9 Å². The molecule has 3 rings (SSSR count). The molecule has 2 N–H and O–H groups in total. The molecule has 0 saturated carbocycles. The van der Waals surface area contributed by atoms with Gasteiger partial charge in [0, 0.05) is 24.4 Å². The van der Waals surface area contributed by atoms with Gasteiger partial charge in [0.05, 0.1) is 7.11 Å². The molecule has 7 nitrogen and oxygen atoms in total. The topological polar surface area (TPSA) is 89.3 Å². The molecule has 7 heteroatoms. The molecule has 0 bridgehead atoms. The van der Waals surface area contributed by atoms with Crippen molar-refractivity contribution in [3.63, 3.8) is 0 Å². The van der Waals surface area contributed by atoms with Crippen molar-refractivity contribution < 1.29 is 14.1 Å². The Kier molecular flexibility index (Phi) is 5.65. The highest BCUT2D eigenvalue weighted by molar-refractivity contribution is 5.76. The highest BCUT2D eigenvalue weighted by Gasteiger charge is 2.22. The van der Waals surface area contributed by atoms with Crippen molar-refractivity contribution in [2.24, 2.45) is 5.92 Å². The van der Waals surface area contributed by atoms with Crippen LogP contribution in [0.3, 0.4) is 0 Å². The molecule has 2 aromatic rings. The Balaban J connectivity index is 1.51. The fourth-order valence-corrected chi connectivity index (χ4v) is 2.94. The van der Waals surface area contributed by atoms with Crippen LogP contribution in [-0.4, -0.2) is 42.3 Å². The van der Waals surface area contributed by atoms with Crippen molar-refractivity contribution in [1.82, 2.24) is 20.8 Å². The number of aromatic nitrogens is 2. The van der Waals surface area contributed by atoms with E-state index in [1.807, 2.05) is 24.3 Å². The second kappa shape index (κ2) is 8.11. The van der Waals surface area contributed by atoms with Gasteiger partial charge in [-0.1, -0.05) is 12.1 Å². The first-order valence-corrected chi connectivity index (χ1v) is 8.63. The van der Waals surface area contributed by atoms with Crippen LogP contribution in [0.4, 0.5) is 0 Å². The summed E-state index contributed by atoms with van der Waals surface area (Å²) in [5, 5.41) is 10.4. The molecule has 0 spiro atoms. The lowest BCUT2D eigenvalue weighted by Crippen LogP contribution is -2.48. The number of nitrogens with zero attached hydrogens (tertiary/aromatic N) is 2. The maximum Gasteiger partial charge on any atom is 0.227 e. The van der Waals surface area contributed by atoms with Crippen LogP contribution in [0.5, 0.6) is 5.75 Å². The molecule has 1 saturated heterocycles. The largest absolute Gasteiger partial charge is 0.497 e. The molecule has 134 valence electrons. The van der Waals surface area contributed by atoms with E-state index in [0.29, 0.717) is 30.5 Å². The minimum absolute atomic E-state index is 0.0305. The van der Waals surface area contributed by atoms with Gasteiger partial charge in [-0.2, -0.15) is 4.98 Å². The summed E-state index contributed by atoms with van der Waals surface area (Å²) in [7, 11) is 1.62. The van der Waals surface area contributed by atoms with E-state index in [1.54, 1.807) is 7.11 Å². The molecule has 1 amide bonds. The van der Waals surface area contributed by atoms with Crippen molar-refractivity contribution >= 4 is 5.91 Å². The maximum absolute atomic E-state index is 12.1. The summed E-state index contributed by atoms with van der Waals surface area (Å²) in [6.45, 7) is 4.04. The highest BCUT2D eigenvalue weighted by atomic mass is 16.5. The lowest BCUT2D eigenvalue weighted by atomic mass is 9.95. The molecule has 1 aromatic carbocycles. The van der Waals surface area contributed by atoms with Crippen LogP contribution in [0, 0.1) is 5.92 Å². The number of benzene rings is 1. The normalized spacial score (nSPS) is 20.2. The van der Waals surface area contributed by atoms with E-state index in [1.165, 1.54) is 0 Å². The van der Waals surface area contributed by atoms with Crippen molar-refractivity contribution in [3.05, 3.63) is 30.2 Å². The number of hydrogen-bond acceptors (Lipinski definition) is 6. The highest BCUT2D eigenvalue weighted by Crippen LogP contribution is 2.20. The molecule has 1 aliphatic rings. The standard InChI is InChI=1S/C18H24N4O3/c1-12-11-19-10-9-15(12)20-16(23)7-8-17-21-18(22-25-17)13-3-5-14(24-2)6-4-13/h3-6,12,15,19H,7-11H2,1-2H3,(H,20,23). The lowest BCUT2D eigenvalue weighted by molar-refractivity contribution is -0.122. The third-order valence-corrected chi connectivity index (χ3v) is 4.51. The van der Waals surface area contributed by atoms with Crippen LogP contribution in [0.25, 0.3) is 11.4 Å². The molecule has 1 aliphatic heterocycles. The Morgan fingerprint density at radius 3 is 2.92 bits per heavy atom. The zero-order valence-electron chi connectivity index (χ0n) is 14.6. The molecule has 0 aliphatic carbocycles. The SMILES string of the molecule is COc1ccc(-c2noc(CCC(=O)NC3CCNCC3C)n2)cc1. The summed E-state index contributed by atoms with van der Waals surface area (Å²) in [4.78, 5) is 16.5. The average Bonchev–Trinajstić information content (AvgIpc) is 3.11. The maximum atomic E-state index is 12.1. The number of nitrogens with one attached hydrogen (secondary N) is 2. The average molecular weight is 344 g/mol. The van der Waals surface area contributed by atoms with E-state index >= 15 is 0 Å². The van der Waals surface area contributed by atoms with Crippen LogP contribution in [0.1, 0.15) is 25.7 Å². The number of carbonyl (C=O) groups excluding carboxylic acids is 1. The second-order valence-electron chi connectivity index (χ2n) is 6.38. The fourth-order valence-electron chi connectivity index (χ4n) is 2.94. The van der Waals surface area contributed by atoms with Gasteiger partial charge in [0.1, 0.15) is 5.75 Å². The number of rotatable bonds is 6. The summed E-state index contributed by atoms with van der Waals surface area (Å²) in [5.74, 6) is 2.24. The number of amides is 1. The number of aryl methyl sites for hydroxylation is 1. The van der Waals surface area contributed by atoms with Crippen LogP contribution in [-0.2, 0) is 11.2 Å². The lowest BCUT2D eigenvalue weighted by Gasteiger charge is -2.30. The van der Waals surface area contributed by atoms with Gasteiger partial charge in [0.2, 0.25) is 17.6 Å². The van der Waals surface area contributed by atoms with E-state index in [2.05, 4.69) is 27.7 Å². The number of carbonyl (C=O) groups is 1. The van der Waals surface area contributed by atoms with Gasteiger partial charge in [0.25, 0.3) is 0 Å². The molecule has 2 unspecified atom stereocenters. The fraction of sp³-hybridized carbons (Fsp3) is 0.500. The minimum Gasteiger partial charge on any atom is -0.497 e. The first-order valence-electron chi connectivity index (χ1n) is 8.63.